The molecule has 22 heavy (non-hydrogen) atoms. The highest BCUT2D eigenvalue weighted by Gasteiger charge is 2.15. The maximum atomic E-state index is 6.09. The summed E-state index contributed by atoms with van der Waals surface area (Å²) in [5.41, 5.74) is 1.23. The van der Waals surface area contributed by atoms with E-state index in [1.54, 1.807) is 22.7 Å². The van der Waals surface area contributed by atoms with Crippen molar-refractivity contribution in [3.63, 3.8) is 0 Å². The number of fused-ring (bicyclic) bond motifs is 1. The van der Waals surface area contributed by atoms with Gasteiger partial charge in [0.1, 0.15) is 0 Å². The van der Waals surface area contributed by atoms with E-state index in [2.05, 4.69) is 30.8 Å². The van der Waals surface area contributed by atoms with Gasteiger partial charge in [0, 0.05) is 18.1 Å². The van der Waals surface area contributed by atoms with Gasteiger partial charge in [-0.1, -0.05) is 25.4 Å². The van der Waals surface area contributed by atoms with E-state index in [0.717, 1.165) is 5.82 Å². The molecule has 0 bridgehead atoms. The fraction of sp³-hybridized carbons (Fsp3) is 0.308. The van der Waals surface area contributed by atoms with Crippen LogP contribution in [0.1, 0.15) is 25.6 Å². The molecule has 0 aliphatic carbocycles. The van der Waals surface area contributed by atoms with Gasteiger partial charge in [-0.15, -0.1) is 20.4 Å². The summed E-state index contributed by atoms with van der Waals surface area (Å²) in [7, 11) is 1.53. The van der Waals surface area contributed by atoms with Crippen LogP contribution in [0.15, 0.2) is 18.2 Å². The summed E-state index contributed by atoms with van der Waals surface area (Å²) in [6.07, 6.45) is 0. The van der Waals surface area contributed by atoms with E-state index < -0.39 is 0 Å². The third kappa shape index (κ3) is 2.64. The zero-order valence-corrected chi connectivity index (χ0v) is 13.0. The molecule has 1 N–H and O–H groups in total. The Labute approximate surface area is 131 Å². The van der Waals surface area contributed by atoms with E-state index in [1.165, 1.54) is 7.11 Å². The highest BCUT2D eigenvalue weighted by atomic mass is 35.5. The molecule has 0 atom stereocenters. The first kappa shape index (κ1) is 14.5. The minimum absolute atomic E-state index is 0.176. The summed E-state index contributed by atoms with van der Waals surface area (Å²) in [4.78, 5) is 0. The van der Waals surface area contributed by atoms with Crippen LogP contribution in [0, 0.1) is 0 Å². The first-order chi connectivity index (χ1) is 10.6. The highest BCUT2D eigenvalue weighted by Crippen LogP contribution is 2.24. The molecule has 8 nitrogen and oxygen atoms in total. The molecule has 0 saturated carbocycles. The van der Waals surface area contributed by atoms with Crippen LogP contribution in [-0.2, 0) is 0 Å². The standard InChI is InChI=1S/C13H14ClN7O/c1-7(2)12-18-19-13-8(6-9(14)20-21(12)13)15-10-4-5-11(22-3)17-16-10/h4-7H,1-3H3,(H,15,16). The lowest BCUT2D eigenvalue weighted by atomic mass is 10.2. The molecule has 0 aromatic carbocycles. The lowest BCUT2D eigenvalue weighted by Gasteiger charge is -2.08. The SMILES string of the molecule is COc1ccc(Nc2cc(Cl)nn3c(C(C)C)nnc23)nn1. The van der Waals surface area contributed by atoms with Crippen molar-refractivity contribution in [3.05, 3.63) is 29.2 Å². The summed E-state index contributed by atoms with van der Waals surface area (Å²) in [5, 5.41) is 23.9. The first-order valence-electron chi connectivity index (χ1n) is 6.65. The monoisotopic (exact) mass is 319 g/mol. The number of ether oxygens (including phenoxy) is 1. The predicted molar refractivity (Wildman–Crippen MR) is 81.7 cm³/mol. The molecule has 0 aliphatic rings. The molecule has 3 aromatic rings. The van der Waals surface area contributed by atoms with Crippen LogP contribution in [0.2, 0.25) is 5.15 Å². The Balaban J connectivity index is 2.02. The molecule has 9 heteroatoms. The van der Waals surface area contributed by atoms with Crippen LogP contribution in [-0.4, -0.2) is 37.1 Å². The van der Waals surface area contributed by atoms with Gasteiger partial charge in [-0.2, -0.15) is 9.61 Å². The average molecular weight is 320 g/mol. The largest absolute Gasteiger partial charge is 0.480 e. The molecule has 0 amide bonds. The topological polar surface area (TPSA) is 90.1 Å². The van der Waals surface area contributed by atoms with Crippen molar-refractivity contribution in [2.75, 3.05) is 12.4 Å². The molecule has 0 radical (unpaired) electrons. The third-order valence-corrected chi connectivity index (χ3v) is 3.18. The quantitative estimate of drug-likeness (QED) is 0.789. The Bertz CT molecular complexity index is 800. The Morgan fingerprint density at radius 2 is 2.00 bits per heavy atom. The summed E-state index contributed by atoms with van der Waals surface area (Å²) in [6, 6.07) is 5.12. The van der Waals surface area contributed by atoms with Crippen molar-refractivity contribution in [3.8, 4) is 5.88 Å². The summed E-state index contributed by atoms with van der Waals surface area (Å²) < 4.78 is 6.61. The van der Waals surface area contributed by atoms with E-state index >= 15 is 0 Å². The molecule has 0 aliphatic heterocycles. The molecule has 0 unspecified atom stereocenters. The Morgan fingerprint density at radius 1 is 1.18 bits per heavy atom. The van der Waals surface area contributed by atoms with Gasteiger partial charge in [0.2, 0.25) is 11.5 Å². The zero-order chi connectivity index (χ0) is 15.7. The molecular formula is C13H14ClN7O. The van der Waals surface area contributed by atoms with Gasteiger partial charge in [0.15, 0.2) is 16.8 Å². The van der Waals surface area contributed by atoms with E-state index in [4.69, 9.17) is 16.3 Å². The molecule has 114 valence electrons. The van der Waals surface area contributed by atoms with Gasteiger partial charge in [-0.05, 0) is 6.07 Å². The number of hydrogen-bond acceptors (Lipinski definition) is 7. The highest BCUT2D eigenvalue weighted by molar-refractivity contribution is 6.29. The second-order valence-electron chi connectivity index (χ2n) is 4.91. The van der Waals surface area contributed by atoms with Crippen molar-refractivity contribution in [2.24, 2.45) is 0 Å². The first-order valence-corrected chi connectivity index (χ1v) is 7.03. The van der Waals surface area contributed by atoms with E-state index in [-0.39, 0.29) is 5.92 Å². The van der Waals surface area contributed by atoms with Crippen molar-refractivity contribution in [2.45, 2.75) is 19.8 Å². The maximum Gasteiger partial charge on any atom is 0.233 e. The number of halogens is 1. The fourth-order valence-corrected chi connectivity index (χ4v) is 2.14. The Morgan fingerprint density at radius 3 is 2.64 bits per heavy atom. The molecule has 3 rings (SSSR count). The number of rotatable bonds is 4. The minimum atomic E-state index is 0.176. The second kappa shape index (κ2) is 5.72. The van der Waals surface area contributed by atoms with Gasteiger partial charge in [0.25, 0.3) is 0 Å². The van der Waals surface area contributed by atoms with Crippen LogP contribution >= 0.6 is 11.6 Å². The van der Waals surface area contributed by atoms with Crippen LogP contribution in [0.4, 0.5) is 11.5 Å². The molecular weight excluding hydrogens is 306 g/mol. The summed E-state index contributed by atoms with van der Waals surface area (Å²) in [5.74, 6) is 1.89. The van der Waals surface area contributed by atoms with Crippen molar-refractivity contribution >= 4 is 28.8 Å². The predicted octanol–water partition coefficient (Wildman–Crippen LogP) is 2.44. The number of methoxy groups -OCH3 is 1. The van der Waals surface area contributed by atoms with E-state index in [1.807, 2.05) is 13.8 Å². The average Bonchev–Trinajstić information content (AvgIpc) is 2.92. The van der Waals surface area contributed by atoms with Gasteiger partial charge in [-0.25, -0.2) is 0 Å². The fourth-order valence-electron chi connectivity index (χ4n) is 1.95. The van der Waals surface area contributed by atoms with E-state index in [9.17, 15) is 0 Å². The molecule has 3 aromatic heterocycles. The van der Waals surface area contributed by atoms with Crippen molar-refractivity contribution in [1.82, 2.24) is 30.0 Å². The van der Waals surface area contributed by atoms with Gasteiger partial charge < -0.3 is 10.1 Å². The zero-order valence-electron chi connectivity index (χ0n) is 12.3. The lowest BCUT2D eigenvalue weighted by Crippen LogP contribution is -2.04. The van der Waals surface area contributed by atoms with E-state index in [0.29, 0.717) is 28.2 Å². The number of hydrogen-bond donors (Lipinski definition) is 1. The number of aromatic nitrogens is 6. The van der Waals surface area contributed by atoms with Gasteiger partial charge >= 0.3 is 0 Å². The Kier molecular flexibility index (Phi) is 3.76. The van der Waals surface area contributed by atoms with Crippen LogP contribution in [0.25, 0.3) is 5.65 Å². The van der Waals surface area contributed by atoms with Gasteiger partial charge in [-0.3, -0.25) is 0 Å². The summed E-state index contributed by atoms with van der Waals surface area (Å²) in [6.45, 7) is 4.03. The van der Waals surface area contributed by atoms with Crippen LogP contribution < -0.4 is 10.1 Å². The normalized spacial score (nSPS) is 11.1. The summed E-state index contributed by atoms with van der Waals surface area (Å²) >= 11 is 6.09. The Hall–Kier alpha value is -2.48. The lowest BCUT2D eigenvalue weighted by molar-refractivity contribution is 0.392. The third-order valence-electron chi connectivity index (χ3n) is 2.99. The molecule has 0 spiro atoms. The molecule has 0 saturated heterocycles. The van der Waals surface area contributed by atoms with Gasteiger partial charge in [0.05, 0.1) is 12.8 Å². The van der Waals surface area contributed by atoms with Crippen LogP contribution in [0.5, 0.6) is 5.88 Å². The van der Waals surface area contributed by atoms with Crippen molar-refractivity contribution < 1.29 is 4.74 Å². The smallest absolute Gasteiger partial charge is 0.233 e. The number of nitrogens with zero attached hydrogens (tertiary/aromatic N) is 6. The molecule has 3 heterocycles. The van der Waals surface area contributed by atoms with Crippen molar-refractivity contribution in [1.29, 1.82) is 0 Å². The van der Waals surface area contributed by atoms with Crippen LogP contribution in [0.3, 0.4) is 0 Å². The second-order valence-corrected chi connectivity index (χ2v) is 5.30. The minimum Gasteiger partial charge on any atom is -0.480 e. The number of nitrogens with one attached hydrogen (secondary N) is 1. The molecule has 0 fully saturated rings. The number of anilines is 2. The maximum absolute atomic E-state index is 6.09.